The molecule has 0 aliphatic heterocycles. The summed E-state index contributed by atoms with van der Waals surface area (Å²) in [6.45, 7) is 6.20. The van der Waals surface area contributed by atoms with Gasteiger partial charge in [-0.2, -0.15) is 0 Å². The van der Waals surface area contributed by atoms with Gasteiger partial charge < -0.3 is 10.6 Å². The molecule has 0 aliphatic carbocycles. The number of benzene rings is 1. The molecule has 2 rings (SSSR count). The summed E-state index contributed by atoms with van der Waals surface area (Å²) in [7, 11) is 1.84. The van der Waals surface area contributed by atoms with Crippen molar-refractivity contribution >= 4 is 48.9 Å². The van der Waals surface area contributed by atoms with E-state index in [4.69, 9.17) is 5.73 Å². The lowest BCUT2D eigenvalue weighted by Gasteiger charge is -2.34. The summed E-state index contributed by atoms with van der Waals surface area (Å²) in [5.41, 5.74) is 6.58. The number of nitrogens with zero attached hydrogens (tertiary/aromatic N) is 1. The molecule has 2 N–H and O–H groups in total. The maximum atomic E-state index is 12.7. The van der Waals surface area contributed by atoms with Gasteiger partial charge in [0.2, 0.25) is 0 Å². The minimum atomic E-state index is -0.184. The second-order valence-corrected chi connectivity index (χ2v) is 7.39. The summed E-state index contributed by atoms with van der Waals surface area (Å²) >= 11 is 4.96. The van der Waals surface area contributed by atoms with Crippen LogP contribution in [0.3, 0.4) is 0 Å². The topological polar surface area (TPSA) is 46.3 Å². The monoisotopic (exact) mass is 354 g/mol. The van der Waals surface area contributed by atoms with Gasteiger partial charge in [-0.05, 0) is 32.4 Å². The highest BCUT2D eigenvalue weighted by molar-refractivity contribution is 9.10. The number of hydrogen-bond acceptors (Lipinski definition) is 3. The first-order chi connectivity index (χ1) is 9.29. The van der Waals surface area contributed by atoms with Crippen molar-refractivity contribution in [3.63, 3.8) is 0 Å². The first-order valence-corrected chi connectivity index (χ1v) is 8.15. The summed E-state index contributed by atoms with van der Waals surface area (Å²) in [6.07, 6.45) is 0.893. The van der Waals surface area contributed by atoms with Crippen molar-refractivity contribution in [2.24, 2.45) is 0 Å². The van der Waals surface area contributed by atoms with Gasteiger partial charge in [0.15, 0.2) is 0 Å². The van der Waals surface area contributed by atoms with Crippen LogP contribution in [0.4, 0.5) is 5.69 Å². The Morgan fingerprint density at radius 2 is 2.10 bits per heavy atom. The Balaban J connectivity index is 2.51. The van der Waals surface area contributed by atoms with Crippen LogP contribution in [0.25, 0.3) is 10.1 Å². The van der Waals surface area contributed by atoms with Crippen LogP contribution in [0, 0.1) is 0 Å². The molecule has 1 aromatic carbocycles. The standard InChI is InChI=1S/C15H19BrN2OS/c1-5-15(2,3)18(4)14(19)13-12(17)11-9(16)7-6-8-10(11)20-13/h6-8H,5,17H2,1-4H3. The van der Waals surface area contributed by atoms with E-state index in [1.807, 2.05) is 25.2 Å². The number of nitrogens with two attached hydrogens (primary N) is 1. The van der Waals surface area contributed by atoms with Crippen LogP contribution < -0.4 is 5.73 Å². The molecule has 1 heterocycles. The van der Waals surface area contributed by atoms with Crippen molar-refractivity contribution < 1.29 is 4.79 Å². The molecule has 3 nitrogen and oxygen atoms in total. The second kappa shape index (κ2) is 5.37. The Morgan fingerprint density at radius 3 is 2.65 bits per heavy atom. The Morgan fingerprint density at radius 1 is 1.45 bits per heavy atom. The molecule has 1 amide bonds. The van der Waals surface area contributed by atoms with E-state index in [2.05, 4.69) is 36.7 Å². The highest BCUT2D eigenvalue weighted by Crippen LogP contribution is 2.39. The zero-order chi connectivity index (χ0) is 15.1. The predicted octanol–water partition coefficient (Wildman–Crippen LogP) is 4.51. The number of nitrogen functional groups attached to an aromatic ring is 1. The summed E-state index contributed by atoms with van der Waals surface area (Å²) in [5.74, 6) is -0.0116. The third-order valence-corrected chi connectivity index (χ3v) is 5.79. The Bertz CT molecular complexity index is 663. The quantitative estimate of drug-likeness (QED) is 0.881. The molecule has 20 heavy (non-hydrogen) atoms. The van der Waals surface area contributed by atoms with Gasteiger partial charge in [0.05, 0.1) is 5.69 Å². The van der Waals surface area contributed by atoms with Crippen molar-refractivity contribution in [1.82, 2.24) is 4.90 Å². The van der Waals surface area contributed by atoms with E-state index >= 15 is 0 Å². The number of carbonyl (C=O) groups is 1. The first-order valence-electron chi connectivity index (χ1n) is 6.54. The van der Waals surface area contributed by atoms with Gasteiger partial charge in [0.1, 0.15) is 4.88 Å². The fraction of sp³-hybridized carbons (Fsp3) is 0.400. The van der Waals surface area contributed by atoms with E-state index in [0.29, 0.717) is 10.6 Å². The molecular formula is C15H19BrN2OS. The van der Waals surface area contributed by atoms with Crippen LogP contribution in [0.15, 0.2) is 22.7 Å². The van der Waals surface area contributed by atoms with E-state index in [0.717, 1.165) is 21.0 Å². The van der Waals surface area contributed by atoms with Gasteiger partial charge in [-0.25, -0.2) is 0 Å². The summed E-state index contributed by atoms with van der Waals surface area (Å²) < 4.78 is 1.96. The molecule has 0 bridgehead atoms. The normalized spacial score (nSPS) is 11.8. The molecule has 0 fully saturated rings. The summed E-state index contributed by atoms with van der Waals surface area (Å²) in [4.78, 5) is 15.1. The van der Waals surface area contributed by atoms with Gasteiger partial charge in [-0.15, -0.1) is 11.3 Å². The number of hydrogen-bond donors (Lipinski definition) is 1. The van der Waals surface area contributed by atoms with E-state index in [-0.39, 0.29) is 11.4 Å². The van der Waals surface area contributed by atoms with Crippen LogP contribution in [0.5, 0.6) is 0 Å². The SMILES string of the molecule is CCC(C)(C)N(C)C(=O)c1sc2cccc(Br)c2c1N. The predicted molar refractivity (Wildman–Crippen MR) is 90.4 cm³/mol. The Kier molecular flexibility index (Phi) is 4.12. The third kappa shape index (κ3) is 2.44. The fourth-order valence-corrected chi connectivity index (χ4v) is 3.79. The van der Waals surface area contributed by atoms with E-state index in [9.17, 15) is 4.79 Å². The molecule has 0 saturated heterocycles. The van der Waals surface area contributed by atoms with E-state index in [1.165, 1.54) is 11.3 Å². The van der Waals surface area contributed by atoms with Crippen LogP contribution >= 0.6 is 27.3 Å². The molecule has 0 spiro atoms. The molecule has 108 valence electrons. The van der Waals surface area contributed by atoms with Gasteiger partial charge in [-0.1, -0.05) is 28.9 Å². The van der Waals surface area contributed by atoms with Crippen LogP contribution in [-0.4, -0.2) is 23.4 Å². The summed E-state index contributed by atoms with van der Waals surface area (Å²) in [6, 6.07) is 5.89. The van der Waals surface area contributed by atoms with Crippen molar-refractivity contribution in [1.29, 1.82) is 0 Å². The molecule has 0 atom stereocenters. The molecule has 1 aromatic heterocycles. The zero-order valence-electron chi connectivity index (χ0n) is 12.2. The number of anilines is 1. The van der Waals surface area contributed by atoms with Crippen molar-refractivity contribution in [2.45, 2.75) is 32.7 Å². The minimum Gasteiger partial charge on any atom is -0.397 e. The van der Waals surface area contributed by atoms with Gasteiger partial charge in [0.25, 0.3) is 5.91 Å². The molecule has 2 aromatic rings. The molecule has 0 aliphatic rings. The maximum Gasteiger partial charge on any atom is 0.266 e. The maximum absolute atomic E-state index is 12.7. The number of fused-ring (bicyclic) bond motifs is 1. The van der Waals surface area contributed by atoms with Crippen molar-refractivity contribution in [2.75, 3.05) is 12.8 Å². The number of rotatable bonds is 3. The van der Waals surface area contributed by atoms with Crippen LogP contribution in [-0.2, 0) is 0 Å². The lowest BCUT2D eigenvalue weighted by atomic mass is 9.99. The number of halogens is 1. The van der Waals surface area contributed by atoms with Crippen molar-refractivity contribution in [3.05, 3.63) is 27.5 Å². The van der Waals surface area contributed by atoms with E-state index < -0.39 is 0 Å². The van der Waals surface area contributed by atoms with Crippen LogP contribution in [0.2, 0.25) is 0 Å². The van der Waals surface area contributed by atoms with Gasteiger partial charge in [-0.3, -0.25) is 4.79 Å². The highest BCUT2D eigenvalue weighted by Gasteiger charge is 2.29. The second-order valence-electron chi connectivity index (χ2n) is 5.49. The number of amides is 1. The molecular weight excluding hydrogens is 336 g/mol. The fourth-order valence-electron chi connectivity index (χ4n) is 1.95. The van der Waals surface area contributed by atoms with Crippen molar-refractivity contribution in [3.8, 4) is 0 Å². The number of carbonyl (C=O) groups excluding carboxylic acids is 1. The minimum absolute atomic E-state index is 0.0116. The lowest BCUT2D eigenvalue weighted by Crippen LogP contribution is -2.44. The molecule has 0 unspecified atom stereocenters. The molecule has 5 heteroatoms. The smallest absolute Gasteiger partial charge is 0.266 e. The summed E-state index contributed by atoms with van der Waals surface area (Å²) in [5, 5.41) is 0.934. The van der Waals surface area contributed by atoms with Gasteiger partial charge in [0, 0.05) is 27.1 Å². The molecule has 0 radical (unpaired) electrons. The average Bonchev–Trinajstić information content (AvgIpc) is 2.75. The first kappa shape index (κ1) is 15.3. The van der Waals surface area contributed by atoms with Crippen LogP contribution in [0.1, 0.15) is 36.9 Å². The third-order valence-electron chi connectivity index (χ3n) is 3.97. The number of thiophene rings is 1. The molecule has 0 saturated carbocycles. The lowest BCUT2D eigenvalue weighted by molar-refractivity contribution is 0.0626. The van der Waals surface area contributed by atoms with E-state index in [1.54, 1.807) is 4.90 Å². The zero-order valence-corrected chi connectivity index (χ0v) is 14.6. The van der Waals surface area contributed by atoms with Gasteiger partial charge >= 0.3 is 0 Å². The largest absolute Gasteiger partial charge is 0.397 e. The average molecular weight is 355 g/mol. The Labute approximate surface area is 131 Å². The highest BCUT2D eigenvalue weighted by atomic mass is 79.9. The Hall–Kier alpha value is -1.07.